The molecule has 0 bridgehead atoms. The maximum atomic E-state index is 11.9. The van der Waals surface area contributed by atoms with Crippen molar-refractivity contribution in [1.29, 1.82) is 0 Å². The molecule has 0 unspecified atom stereocenters. The molecule has 0 saturated heterocycles. The Balaban J connectivity index is 1.94. The Kier molecular flexibility index (Phi) is 4.42. The third-order valence-electron chi connectivity index (χ3n) is 2.55. The van der Waals surface area contributed by atoms with Crippen molar-refractivity contribution in [1.82, 2.24) is 0 Å². The Morgan fingerprint density at radius 1 is 1.26 bits per heavy atom. The molecule has 0 spiro atoms. The van der Waals surface area contributed by atoms with E-state index < -0.39 is 0 Å². The zero-order chi connectivity index (χ0) is 13.8. The van der Waals surface area contributed by atoms with Crippen LogP contribution < -0.4 is 5.32 Å². The highest BCUT2D eigenvalue weighted by atomic mass is 127. The Hall–Kier alpha value is -1.56. The molecule has 0 aliphatic rings. The van der Waals surface area contributed by atoms with Gasteiger partial charge in [-0.2, -0.15) is 0 Å². The van der Waals surface area contributed by atoms with E-state index in [0.29, 0.717) is 11.5 Å². The second-order valence-electron chi connectivity index (χ2n) is 4.25. The molecule has 0 atom stereocenters. The fourth-order valence-corrected chi connectivity index (χ4v) is 2.01. The second kappa shape index (κ2) is 6.06. The Morgan fingerprint density at radius 3 is 2.53 bits per heavy atom. The summed E-state index contributed by atoms with van der Waals surface area (Å²) >= 11 is 2.24. The number of hydrogen-bond acceptors (Lipinski definition) is 3. The predicted octanol–water partition coefficient (Wildman–Crippen LogP) is 4.39. The number of halogens is 1. The summed E-state index contributed by atoms with van der Waals surface area (Å²) in [5.74, 6) is 1.04. The van der Waals surface area contributed by atoms with Gasteiger partial charge < -0.3 is 9.73 Å². The summed E-state index contributed by atoms with van der Waals surface area (Å²) in [7, 11) is 0. The number of allylic oxidation sites excluding steroid dienone is 1. The number of hydrogen-bond donors (Lipinski definition) is 1. The van der Waals surface area contributed by atoms with Crippen LogP contribution in [0, 0.1) is 10.5 Å². The standard InChI is InChI=1S/C15H14INO2/c1-10(17-13-6-4-12(16)5-7-13)9-14(18)15-8-3-11(2)19-15/h3-8,17H,1,9H2,2H3. The molecule has 2 aromatic rings. The van der Waals surface area contributed by atoms with Crippen LogP contribution in [0.2, 0.25) is 0 Å². The van der Waals surface area contributed by atoms with Crippen LogP contribution in [0.1, 0.15) is 22.7 Å². The summed E-state index contributed by atoms with van der Waals surface area (Å²) in [5.41, 5.74) is 1.58. The second-order valence-corrected chi connectivity index (χ2v) is 5.49. The van der Waals surface area contributed by atoms with Crippen molar-refractivity contribution in [3.05, 3.63) is 63.8 Å². The molecule has 0 aliphatic carbocycles. The average molecular weight is 367 g/mol. The van der Waals surface area contributed by atoms with Crippen molar-refractivity contribution in [2.45, 2.75) is 13.3 Å². The van der Waals surface area contributed by atoms with E-state index in [2.05, 4.69) is 34.5 Å². The van der Waals surface area contributed by atoms with Gasteiger partial charge in [0.15, 0.2) is 5.76 Å². The van der Waals surface area contributed by atoms with Crippen molar-refractivity contribution in [2.24, 2.45) is 0 Å². The molecule has 0 radical (unpaired) electrons. The summed E-state index contributed by atoms with van der Waals surface area (Å²) in [6, 6.07) is 11.4. The van der Waals surface area contributed by atoms with Gasteiger partial charge in [-0.1, -0.05) is 6.58 Å². The number of Topliss-reactive ketones (excluding diaryl/α,β-unsaturated/α-hetero) is 1. The van der Waals surface area contributed by atoms with Crippen molar-refractivity contribution < 1.29 is 9.21 Å². The van der Waals surface area contributed by atoms with Gasteiger partial charge in [0.2, 0.25) is 5.78 Å². The van der Waals surface area contributed by atoms with Crippen molar-refractivity contribution in [3.63, 3.8) is 0 Å². The number of ketones is 1. The molecule has 19 heavy (non-hydrogen) atoms. The Labute approximate surface area is 125 Å². The van der Waals surface area contributed by atoms with Gasteiger partial charge in [-0.3, -0.25) is 4.79 Å². The zero-order valence-electron chi connectivity index (χ0n) is 10.6. The molecule has 0 aliphatic heterocycles. The number of nitrogens with one attached hydrogen (secondary N) is 1. The van der Waals surface area contributed by atoms with Gasteiger partial charge in [0.05, 0.1) is 6.42 Å². The molecule has 1 heterocycles. The summed E-state index contributed by atoms with van der Waals surface area (Å²) in [5, 5.41) is 3.12. The van der Waals surface area contributed by atoms with Gasteiger partial charge >= 0.3 is 0 Å². The molecule has 3 nitrogen and oxygen atoms in total. The van der Waals surface area contributed by atoms with Crippen LogP contribution in [0.3, 0.4) is 0 Å². The number of carbonyl (C=O) groups excluding carboxylic acids is 1. The lowest BCUT2D eigenvalue weighted by molar-refractivity contribution is 0.0965. The fraction of sp³-hybridized carbons (Fsp3) is 0.133. The highest BCUT2D eigenvalue weighted by molar-refractivity contribution is 14.1. The minimum atomic E-state index is -0.0730. The van der Waals surface area contributed by atoms with E-state index in [1.54, 1.807) is 12.1 Å². The predicted molar refractivity (Wildman–Crippen MR) is 84.3 cm³/mol. The topological polar surface area (TPSA) is 42.2 Å². The van der Waals surface area contributed by atoms with E-state index in [1.165, 1.54) is 0 Å². The maximum absolute atomic E-state index is 11.9. The summed E-state index contributed by atoms with van der Waals surface area (Å²) in [6.45, 7) is 5.68. The number of benzene rings is 1. The van der Waals surface area contributed by atoms with E-state index >= 15 is 0 Å². The van der Waals surface area contributed by atoms with Gasteiger partial charge in [-0.15, -0.1) is 0 Å². The minimum absolute atomic E-state index is 0.0730. The first-order chi connectivity index (χ1) is 9.04. The molecule has 2 rings (SSSR count). The van der Waals surface area contributed by atoms with Crippen LogP contribution in [-0.2, 0) is 0 Å². The lowest BCUT2D eigenvalue weighted by Gasteiger charge is -2.08. The fourth-order valence-electron chi connectivity index (χ4n) is 1.65. The lowest BCUT2D eigenvalue weighted by Crippen LogP contribution is -2.05. The first kappa shape index (κ1) is 13.9. The third kappa shape index (κ3) is 3.96. The Morgan fingerprint density at radius 2 is 1.95 bits per heavy atom. The number of carbonyl (C=O) groups is 1. The van der Waals surface area contributed by atoms with E-state index in [1.807, 2.05) is 31.2 Å². The molecule has 0 fully saturated rings. The van der Waals surface area contributed by atoms with Gasteiger partial charge in [0, 0.05) is 15.0 Å². The van der Waals surface area contributed by atoms with Gasteiger partial charge in [-0.05, 0) is 65.9 Å². The molecular weight excluding hydrogens is 353 g/mol. The van der Waals surface area contributed by atoms with Crippen molar-refractivity contribution >= 4 is 34.1 Å². The van der Waals surface area contributed by atoms with Crippen LogP contribution in [0.25, 0.3) is 0 Å². The van der Waals surface area contributed by atoms with Crippen LogP contribution in [0.5, 0.6) is 0 Å². The zero-order valence-corrected chi connectivity index (χ0v) is 12.7. The molecule has 0 amide bonds. The van der Waals surface area contributed by atoms with Crippen LogP contribution in [0.15, 0.2) is 53.1 Å². The van der Waals surface area contributed by atoms with Crippen LogP contribution in [-0.4, -0.2) is 5.78 Å². The van der Waals surface area contributed by atoms with Crippen molar-refractivity contribution in [2.75, 3.05) is 5.32 Å². The number of aryl methyl sites for hydroxylation is 1. The molecule has 1 aromatic heterocycles. The summed E-state index contributed by atoms with van der Waals surface area (Å²) in [6.07, 6.45) is 0.221. The van der Waals surface area contributed by atoms with Crippen LogP contribution in [0.4, 0.5) is 5.69 Å². The smallest absolute Gasteiger partial charge is 0.203 e. The highest BCUT2D eigenvalue weighted by Gasteiger charge is 2.11. The summed E-state index contributed by atoms with van der Waals surface area (Å²) in [4.78, 5) is 11.9. The lowest BCUT2D eigenvalue weighted by atomic mass is 10.2. The number of anilines is 1. The van der Waals surface area contributed by atoms with Gasteiger partial charge in [0.25, 0.3) is 0 Å². The van der Waals surface area contributed by atoms with E-state index in [-0.39, 0.29) is 12.2 Å². The summed E-state index contributed by atoms with van der Waals surface area (Å²) < 4.78 is 6.46. The van der Waals surface area contributed by atoms with Crippen molar-refractivity contribution in [3.8, 4) is 0 Å². The molecule has 98 valence electrons. The molecule has 4 heteroatoms. The maximum Gasteiger partial charge on any atom is 0.203 e. The number of rotatable bonds is 5. The third-order valence-corrected chi connectivity index (χ3v) is 3.27. The number of furan rings is 1. The largest absolute Gasteiger partial charge is 0.458 e. The van der Waals surface area contributed by atoms with E-state index in [0.717, 1.165) is 15.0 Å². The van der Waals surface area contributed by atoms with Crippen LogP contribution >= 0.6 is 22.6 Å². The first-order valence-corrected chi connectivity index (χ1v) is 6.92. The minimum Gasteiger partial charge on any atom is -0.458 e. The molecule has 1 aromatic carbocycles. The van der Waals surface area contributed by atoms with Gasteiger partial charge in [-0.25, -0.2) is 0 Å². The SMILES string of the molecule is C=C(CC(=O)c1ccc(C)o1)Nc1ccc(I)cc1. The monoisotopic (exact) mass is 367 g/mol. The average Bonchev–Trinajstić information content (AvgIpc) is 2.79. The molecular formula is C15H14INO2. The normalized spacial score (nSPS) is 10.2. The molecule has 1 N–H and O–H groups in total. The Bertz CT molecular complexity index is 599. The first-order valence-electron chi connectivity index (χ1n) is 5.84. The van der Waals surface area contributed by atoms with Gasteiger partial charge in [0.1, 0.15) is 5.76 Å². The quantitative estimate of drug-likeness (QED) is 0.630. The molecule has 0 saturated carbocycles. The van der Waals surface area contributed by atoms with E-state index in [4.69, 9.17) is 4.42 Å². The highest BCUT2D eigenvalue weighted by Crippen LogP contribution is 2.16. The van der Waals surface area contributed by atoms with E-state index in [9.17, 15) is 4.79 Å².